The summed E-state index contributed by atoms with van der Waals surface area (Å²) >= 11 is 19.1. The van der Waals surface area contributed by atoms with Crippen LogP contribution in [0.25, 0.3) is 16.9 Å². The molecule has 25 heavy (non-hydrogen) atoms. The number of benzene rings is 2. The van der Waals surface area contributed by atoms with Crippen LogP contribution in [0.4, 0.5) is 5.82 Å². The van der Waals surface area contributed by atoms with Gasteiger partial charge in [0.25, 0.3) is 0 Å². The number of hydrogen-bond donors (Lipinski definition) is 1. The summed E-state index contributed by atoms with van der Waals surface area (Å²) in [4.78, 5) is 0. The molecular formula is C19H16Cl3N3. The van der Waals surface area contributed by atoms with Crippen molar-refractivity contribution in [3.05, 3.63) is 63.1 Å². The van der Waals surface area contributed by atoms with Gasteiger partial charge in [-0.3, -0.25) is 0 Å². The van der Waals surface area contributed by atoms with E-state index in [1.807, 2.05) is 47.1 Å². The Morgan fingerprint density at radius 3 is 2.48 bits per heavy atom. The van der Waals surface area contributed by atoms with E-state index in [1.165, 1.54) is 0 Å². The normalized spacial score (nSPS) is 13.9. The lowest BCUT2D eigenvalue weighted by atomic mass is 10.0. The molecule has 2 aromatic carbocycles. The smallest absolute Gasteiger partial charge is 0.133 e. The summed E-state index contributed by atoms with van der Waals surface area (Å²) in [5.74, 6) is 0.991. The van der Waals surface area contributed by atoms with Gasteiger partial charge in [-0.15, -0.1) is 0 Å². The van der Waals surface area contributed by atoms with Crippen LogP contribution < -0.4 is 5.32 Å². The second kappa shape index (κ2) is 6.91. The van der Waals surface area contributed by atoms with E-state index >= 15 is 0 Å². The van der Waals surface area contributed by atoms with Gasteiger partial charge in [-0.05, 0) is 49.6 Å². The highest BCUT2D eigenvalue weighted by Crippen LogP contribution is 2.40. The topological polar surface area (TPSA) is 29.9 Å². The molecule has 0 amide bonds. The van der Waals surface area contributed by atoms with Gasteiger partial charge >= 0.3 is 0 Å². The second-order valence-corrected chi connectivity index (χ2v) is 7.30. The SMILES string of the molecule is Clc1cccc(-n2nc(-c3c(Cl)cccc3Cl)c3c2NCCCC3)c1. The van der Waals surface area contributed by atoms with E-state index in [9.17, 15) is 0 Å². The van der Waals surface area contributed by atoms with Crippen LogP contribution in [0, 0.1) is 0 Å². The zero-order valence-electron chi connectivity index (χ0n) is 13.4. The molecule has 0 bridgehead atoms. The van der Waals surface area contributed by atoms with E-state index in [0.717, 1.165) is 54.1 Å². The Bertz CT molecular complexity index is 913. The van der Waals surface area contributed by atoms with Crippen LogP contribution in [-0.4, -0.2) is 16.3 Å². The molecule has 1 aliphatic heterocycles. The number of nitrogens with zero attached hydrogens (tertiary/aromatic N) is 2. The highest BCUT2D eigenvalue weighted by atomic mass is 35.5. The number of fused-ring (bicyclic) bond motifs is 1. The number of halogens is 3. The molecular weight excluding hydrogens is 377 g/mol. The third kappa shape index (κ3) is 3.12. The van der Waals surface area contributed by atoms with Crippen LogP contribution in [0.5, 0.6) is 0 Å². The summed E-state index contributed by atoms with van der Waals surface area (Å²) in [6.45, 7) is 0.912. The molecule has 1 aromatic heterocycles. The second-order valence-electron chi connectivity index (χ2n) is 6.05. The Morgan fingerprint density at radius 1 is 0.960 bits per heavy atom. The van der Waals surface area contributed by atoms with Gasteiger partial charge in [0.2, 0.25) is 0 Å². The number of anilines is 1. The van der Waals surface area contributed by atoms with Crippen molar-refractivity contribution in [3.63, 3.8) is 0 Å². The Hall–Kier alpha value is -1.68. The average Bonchev–Trinajstić information content (AvgIpc) is 2.77. The molecule has 0 radical (unpaired) electrons. The first-order chi connectivity index (χ1) is 12.1. The van der Waals surface area contributed by atoms with Crippen molar-refractivity contribution in [2.45, 2.75) is 19.3 Å². The standard InChI is InChI=1S/C19H16Cl3N3/c20-12-5-3-6-13(11-12)25-19-14(7-1-2-10-23-19)18(24-25)17-15(21)8-4-9-16(17)22/h3-6,8-9,11,23H,1-2,7,10H2. The summed E-state index contributed by atoms with van der Waals surface area (Å²) in [5, 5.41) is 10.3. The van der Waals surface area contributed by atoms with Gasteiger partial charge in [-0.25, -0.2) is 4.68 Å². The van der Waals surface area contributed by atoms with E-state index in [1.54, 1.807) is 0 Å². The van der Waals surface area contributed by atoms with Gasteiger partial charge in [0.05, 0.1) is 15.7 Å². The predicted octanol–water partition coefficient (Wildman–Crippen LogP) is 6.25. The summed E-state index contributed by atoms with van der Waals surface area (Å²) in [7, 11) is 0. The van der Waals surface area contributed by atoms with Crippen molar-refractivity contribution in [1.29, 1.82) is 0 Å². The quantitative estimate of drug-likeness (QED) is 0.559. The summed E-state index contributed by atoms with van der Waals surface area (Å²) in [6, 6.07) is 13.2. The first kappa shape index (κ1) is 16.8. The fourth-order valence-corrected chi connectivity index (χ4v) is 3.98. The van der Waals surface area contributed by atoms with Crippen LogP contribution in [0.2, 0.25) is 15.1 Å². The number of nitrogens with one attached hydrogen (secondary N) is 1. The highest BCUT2D eigenvalue weighted by molar-refractivity contribution is 6.39. The maximum atomic E-state index is 6.45. The van der Waals surface area contributed by atoms with Crippen LogP contribution in [0.3, 0.4) is 0 Å². The molecule has 128 valence electrons. The van der Waals surface area contributed by atoms with Crippen molar-refractivity contribution in [1.82, 2.24) is 9.78 Å². The molecule has 0 aliphatic carbocycles. The maximum Gasteiger partial charge on any atom is 0.133 e. The Kier molecular flexibility index (Phi) is 4.63. The van der Waals surface area contributed by atoms with Crippen LogP contribution in [-0.2, 0) is 6.42 Å². The first-order valence-corrected chi connectivity index (χ1v) is 9.34. The van der Waals surface area contributed by atoms with Crippen molar-refractivity contribution in [2.75, 3.05) is 11.9 Å². The molecule has 0 fully saturated rings. The fourth-order valence-electron chi connectivity index (χ4n) is 3.22. The number of hydrogen-bond acceptors (Lipinski definition) is 2. The maximum absolute atomic E-state index is 6.45. The van der Waals surface area contributed by atoms with Crippen LogP contribution in [0.1, 0.15) is 18.4 Å². The van der Waals surface area contributed by atoms with Gasteiger partial charge in [-0.2, -0.15) is 5.10 Å². The van der Waals surface area contributed by atoms with Gasteiger partial charge in [0, 0.05) is 22.7 Å². The number of aromatic nitrogens is 2. The van der Waals surface area contributed by atoms with E-state index < -0.39 is 0 Å². The fraction of sp³-hybridized carbons (Fsp3) is 0.211. The van der Waals surface area contributed by atoms with E-state index in [4.69, 9.17) is 39.9 Å². The summed E-state index contributed by atoms with van der Waals surface area (Å²) < 4.78 is 1.90. The molecule has 0 atom stereocenters. The minimum absolute atomic E-state index is 0.607. The lowest BCUT2D eigenvalue weighted by Crippen LogP contribution is -2.07. The van der Waals surface area contributed by atoms with Crippen molar-refractivity contribution < 1.29 is 0 Å². The Labute approximate surface area is 161 Å². The number of rotatable bonds is 2. The molecule has 0 saturated heterocycles. The average molecular weight is 393 g/mol. The first-order valence-electron chi connectivity index (χ1n) is 8.21. The largest absolute Gasteiger partial charge is 0.370 e. The highest BCUT2D eigenvalue weighted by Gasteiger charge is 2.24. The zero-order chi connectivity index (χ0) is 17.4. The Balaban J connectivity index is 1.97. The molecule has 1 N–H and O–H groups in total. The molecule has 3 aromatic rings. The predicted molar refractivity (Wildman–Crippen MR) is 105 cm³/mol. The van der Waals surface area contributed by atoms with Crippen molar-refractivity contribution in [2.24, 2.45) is 0 Å². The minimum Gasteiger partial charge on any atom is -0.370 e. The molecule has 1 aliphatic rings. The van der Waals surface area contributed by atoms with E-state index in [-0.39, 0.29) is 0 Å². The third-order valence-corrected chi connectivity index (χ3v) is 5.25. The molecule has 3 nitrogen and oxygen atoms in total. The molecule has 0 unspecified atom stereocenters. The van der Waals surface area contributed by atoms with E-state index in [0.29, 0.717) is 15.1 Å². The monoisotopic (exact) mass is 391 g/mol. The summed E-state index contributed by atoms with van der Waals surface area (Å²) in [6.07, 6.45) is 3.13. The molecule has 2 heterocycles. The van der Waals surface area contributed by atoms with Crippen LogP contribution >= 0.6 is 34.8 Å². The van der Waals surface area contributed by atoms with Gasteiger partial charge < -0.3 is 5.32 Å². The van der Waals surface area contributed by atoms with Crippen molar-refractivity contribution in [3.8, 4) is 16.9 Å². The minimum atomic E-state index is 0.607. The lowest BCUT2D eigenvalue weighted by molar-refractivity contribution is 0.780. The van der Waals surface area contributed by atoms with Crippen LogP contribution in [0.15, 0.2) is 42.5 Å². The lowest BCUT2D eigenvalue weighted by Gasteiger charge is -2.09. The van der Waals surface area contributed by atoms with Gasteiger partial charge in [-0.1, -0.05) is 46.9 Å². The molecule has 0 saturated carbocycles. The zero-order valence-corrected chi connectivity index (χ0v) is 15.7. The van der Waals surface area contributed by atoms with Gasteiger partial charge in [0.15, 0.2) is 0 Å². The Morgan fingerprint density at radius 2 is 1.72 bits per heavy atom. The van der Waals surface area contributed by atoms with Gasteiger partial charge in [0.1, 0.15) is 11.5 Å². The van der Waals surface area contributed by atoms with E-state index in [2.05, 4.69) is 5.32 Å². The molecule has 0 spiro atoms. The van der Waals surface area contributed by atoms with Crippen molar-refractivity contribution >= 4 is 40.6 Å². The molecule has 4 rings (SSSR count). The third-order valence-electron chi connectivity index (χ3n) is 4.38. The molecule has 6 heteroatoms. The summed E-state index contributed by atoms with van der Waals surface area (Å²) in [5.41, 5.74) is 3.67.